The fourth-order valence-electron chi connectivity index (χ4n) is 3.33. The number of nitrogens with zero attached hydrogens (tertiary/aromatic N) is 3. The molecule has 132 valence electrons. The van der Waals surface area contributed by atoms with E-state index >= 15 is 0 Å². The summed E-state index contributed by atoms with van der Waals surface area (Å²) in [6.07, 6.45) is 0. The summed E-state index contributed by atoms with van der Waals surface area (Å²) >= 11 is 0. The van der Waals surface area contributed by atoms with Crippen LogP contribution in [-0.4, -0.2) is 50.1 Å². The van der Waals surface area contributed by atoms with Crippen molar-refractivity contribution in [1.82, 2.24) is 4.90 Å². The monoisotopic (exact) mass is 337 g/mol. The number of anilines is 2. The molecule has 1 aliphatic rings. The van der Waals surface area contributed by atoms with Gasteiger partial charge in [0.1, 0.15) is 0 Å². The van der Waals surface area contributed by atoms with Crippen molar-refractivity contribution in [2.75, 3.05) is 49.1 Å². The number of carbonyl (C=O) groups excluding carboxylic acids is 1. The minimum atomic E-state index is 0.219. The highest BCUT2D eigenvalue weighted by molar-refractivity contribution is 5.81. The second-order valence-corrected chi connectivity index (χ2v) is 6.56. The molecule has 0 unspecified atom stereocenters. The van der Waals surface area contributed by atoms with Gasteiger partial charge in [-0.1, -0.05) is 30.3 Å². The fraction of sp³-hybridized carbons (Fsp3) is 0.381. The van der Waals surface area contributed by atoms with Crippen LogP contribution in [0.15, 0.2) is 54.6 Å². The minimum Gasteiger partial charge on any atom is -0.368 e. The second kappa shape index (κ2) is 8.06. The Morgan fingerprint density at radius 2 is 1.72 bits per heavy atom. The van der Waals surface area contributed by atoms with Crippen molar-refractivity contribution in [2.24, 2.45) is 0 Å². The highest BCUT2D eigenvalue weighted by Gasteiger charge is 2.22. The molecule has 0 aliphatic carbocycles. The standard InChI is InChI=1S/C21H27N3O/c1-3-22(20-11-7-8-18(2)16-20)17-21(25)24-14-12-23(13-15-24)19-9-5-4-6-10-19/h4-11,16H,3,12-15,17H2,1-2H3. The Kier molecular flexibility index (Phi) is 5.59. The summed E-state index contributed by atoms with van der Waals surface area (Å²) in [4.78, 5) is 19.2. The number of piperazine rings is 1. The van der Waals surface area contributed by atoms with Crippen LogP contribution in [0, 0.1) is 6.92 Å². The molecule has 0 bridgehead atoms. The van der Waals surface area contributed by atoms with Crippen LogP contribution >= 0.6 is 0 Å². The number of amides is 1. The Hall–Kier alpha value is -2.49. The van der Waals surface area contributed by atoms with Crippen molar-refractivity contribution in [2.45, 2.75) is 13.8 Å². The summed E-state index contributed by atoms with van der Waals surface area (Å²) in [5, 5.41) is 0. The normalized spacial score (nSPS) is 14.5. The molecular weight excluding hydrogens is 310 g/mol. The van der Waals surface area contributed by atoms with E-state index in [4.69, 9.17) is 0 Å². The van der Waals surface area contributed by atoms with E-state index < -0.39 is 0 Å². The topological polar surface area (TPSA) is 26.8 Å². The molecule has 0 radical (unpaired) electrons. The van der Waals surface area contributed by atoms with Gasteiger partial charge >= 0.3 is 0 Å². The predicted molar refractivity (Wildman–Crippen MR) is 104 cm³/mol. The van der Waals surface area contributed by atoms with E-state index in [1.54, 1.807) is 0 Å². The predicted octanol–water partition coefficient (Wildman–Crippen LogP) is 3.17. The first-order valence-corrected chi connectivity index (χ1v) is 9.07. The van der Waals surface area contributed by atoms with Gasteiger partial charge in [-0.15, -0.1) is 0 Å². The third-order valence-corrected chi connectivity index (χ3v) is 4.83. The van der Waals surface area contributed by atoms with Crippen LogP contribution in [-0.2, 0) is 4.79 Å². The molecule has 2 aromatic rings. The number of para-hydroxylation sites is 1. The minimum absolute atomic E-state index is 0.219. The zero-order chi connectivity index (χ0) is 17.6. The third-order valence-electron chi connectivity index (χ3n) is 4.83. The van der Waals surface area contributed by atoms with Crippen LogP contribution in [0.4, 0.5) is 11.4 Å². The van der Waals surface area contributed by atoms with Gasteiger partial charge in [0, 0.05) is 44.1 Å². The molecule has 0 aromatic heterocycles. The summed E-state index contributed by atoms with van der Waals surface area (Å²) in [6.45, 7) is 8.84. The number of rotatable bonds is 5. The van der Waals surface area contributed by atoms with Gasteiger partial charge in [0.25, 0.3) is 0 Å². The average Bonchev–Trinajstić information content (AvgIpc) is 2.66. The molecule has 0 spiro atoms. The van der Waals surface area contributed by atoms with Crippen LogP contribution in [0.25, 0.3) is 0 Å². The van der Waals surface area contributed by atoms with Crippen molar-refractivity contribution < 1.29 is 4.79 Å². The molecule has 4 nitrogen and oxygen atoms in total. The molecule has 1 heterocycles. The van der Waals surface area contributed by atoms with E-state index in [-0.39, 0.29) is 5.91 Å². The van der Waals surface area contributed by atoms with Crippen LogP contribution < -0.4 is 9.80 Å². The van der Waals surface area contributed by atoms with Gasteiger partial charge in [-0.3, -0.25) is 4.79 Å². The zero-order valence-corrected chi connectivity index (χ0v) is 15.2. The van der Waals surface area contributed by atoms with Gasteiger partial charge in [-0.05, 0) is 43.7 Å². The van der Waals surface area contributed by atoms with E-state index in [0.29, 0.717) is 6.54 Å². The summed E-state index contributed by atoms with van der Waals surface area (Å²) in [7, 11) is 0. The summed E-state index contributed by atoms with van der Waals surface area (Å²) in [6, 6.07) is 18.8. The van der Waals surface area contributed by atoms with Crippen LogP contribution in [0.3, 0.4) is 0 Å². The number of carbonyl (C=O) groups is 1. The van der Waals surface area contributed by atoms with Crippen molar-refractivity contribution in [3.63, 3.8) is 0 Å². The lowest BCUT2D eigenvalue weighted by atomic mass is 10.2. The lowest BCUT2D eigenvalue weighted by molar-refractivity contribution is -0.130. The Morgan fingerprint density at radius 3 is 2.36 bits per heavy atom. The highest BCUT2D eigenvalue weighted by Crippen LogP contribution is 2.18. The Balaban J connectivity index is 1.57. The molecule has 1 fully saturated rings. The SMILES string of the molecule is CCN(CC(=O)N1CCN(c2ccccc2)CC1)c1cccc(C)c1. The second-order valence-electron chi connectivity index (χ2n) is 6.56. The molecule has 0 N–H and O–H groups in total. The smallest absolute Gasteiger partial charge is 0.242 e. The largest absolute Gasteiger partial charge is 0.368 e. The Bertz CT molecular complexity index is 693. The first-order valence-electron chi connectivity index (χ1n) is 9.07. The molecule has 0 saturated carbocycles. The molecular formula is C21H27N3O. The van der Waals surface area contributed by atoms with E-state index in [1.165, 1.54) is 11.3 Å². The molecule has 3 rings (SSSR count). The number of hydrogen-bond acceptors (Lipinski definition) is 3. The molecule has 25 heavy (non-hydrogen) atoms. The number of aryl methyl sites for hydroxylation is 1. The molecule has 2 aromatic carbocycles. The lowest BCUT2D eigenvalue weighted by Crippen LogP contribution is -2.51. The zero-order valence-electron chi connectivity index (χ0n) is 15.2. The number of benzene rings is 2. The molecule has 1 amide bonds. The lowest BCUT2D eigenvalue weighted by Gasteiger charge is -2.37. The molecule has 4 heteroatoms. The van der Waals surface area contributed by atoms with Gasteiger partial charge < -0.3 is 14.7 Å². The van der Waals surface area contributed by atoms with Crippen molar-refractivity contribution in [1.29, 1.82) is 0 Å². The van der Waals surface area contributed by atoms with E-state index in [2.05, 4.69) is 72.2 Å². The van der Waals surface area contributed by atoms with Crippen LogP contribution in [0.5, 0.6) is 0 Å². The van der Waals surface area contributed by atoms with E-state index in [9.17, 15) is 4.79 Å². The average molecular weight is 337 g/mol. The first kappa shape index (κ1) is 17.3. The van der Waals surface area contributed by atoms with Crippen molar-refractivity contribution in [3.8, 4) is 0 Å². The molecule has 1 aliphatic heterocycles. The first-order chi connectivity index (χ1) is 12.2. The number of likely N-dealkylation sites (N-methyl/N-ethyl adjacent to an activating group) is 1. The van der Waals surface area contributed by atoms with E-state index in [1.807, 2.05) is 11.0 Å². The quantitative estimate of drug-likeness (QED) is 0.838. The van der Waals surface area contributed by atoms with Crippen LogP contribution in [0.1, 0.15) is 12.5 Å². The summed E-state index contributed by atoms with van der Waals surface area (Å²) in [5.41, 5.74) is 3.59. The molecule has 0 atom stereocenters. The van der Waals surface area contributed by atoms with Gasteiger partial charge in [-0.2, -0.15) is 0 Å². The van der Waals surface area contributed by atoms with Crippen molar-refractivity contribution in [3.05, 3.63) is 60.2 Å². The maximum atomic E-state index is 12.7. The Labute approximate surface area is 150 Å². The van der Waals surface area contributed by atoms with Gasteiger partial charge in [-0.25, -0.2) is 0 Å². The summed E-state index contributed by atoms with van der Waals surface area (Å²) in [5.74, 6) is 0.219. The summed E-state index contributed by atoms with van der Waals surface area (Å²) < 4.78 is 0. The van der Waals surface area contributed by atoms with Gasteiger partial charge in [0.15, 0.2) is 0 Å². The molecule has 1 saturated heterocycles. The third kappa shape index (κ3) is 4.32. The van der Waals surface area contributed by atoms with Gasteiger partial charge in [0.05, 0.1) is 6.54 Å². The van der Waals surface area contributed by atoms with Crippen molar-refractivity contribution >= 4 is 17.3 Å². The Morgan fingerprint density at radius 1 is 1.00 bits per heavy atom. The fourth-order valence-corrected chi connectivity index (χ4v) is 3.33. The highest BCUT2D eigenvalue weighted by atomic mass is 16.2. The maximum absolute atomic E-state index is 12.7. The maximum Gasteiger partial charge on any atom is 0.242 e. The number of hydrogen-bond donors (Lipinski definition) is 0. The van der Waals surface area contributed by atoms with Crippen LogP contribution in [0.2, 0.25) is 0 Å². The van der Waals surface area contributed by atoms with E-state index in [0.717, 1.165) is 38.4 Å². The van der Waals surface area contributed by atoms with Gasteiger partial charge in [0.2, 0.25) is 5.91 Å².